The van der Waals surface area contributed by atoms with Gasteiger partial charge in [0, 0.05) is 17.4 Å². The molecule has 0 aliphatic carbocycles. The molecule has 0 atom stereocenters. The quantitative estimate of drug-likeness (QED) is 0.613. The van der Waals surface area contributed by atoms with Crippen LogP contribution in [0.15, 0.2) is 60.7 Å². The van der Waals surface area contributed by atoms with E-state index in [1.54, 1.807) is 50.6 Å². The minimum Gasteiger partial charge on any atom is -0.493 e. The highest BCUT2D eigenvalue weighted by Gasteiger charge is 2.07. The predicted octanol–water partition coefficient (Wildman–Crippen LogP) is 3.88. The zero-order valence-corrected chi connectivity index (χ0v) is 14.9. The van der Waals surface area contributed by atoms with Crippen molar-refractivity contribution in [2.45, 2.75) is 0 Å². The molecule has 1 aromatic heterocycles. The van der Waals surface area contributed by atoms with E-state index in [-0.39, 0.29) is 0 Å². The molecule has 0 aliphatic rings. The van der Waals surface area contributed by atoms with Gasteiger partial charge in [0.1, 0.15) is 0 Å². The first-order valence-corrected chi connectivity index (χ1v) is 8.14. The van der Waals surface area contributed by atoms with E-state index in [1.165, 1.54) is 0 Å². The molecule has 3 N–H and O–H groups in total. The van der Waals surface area contributed by atoms with Gasteiger partial charge >= 0.3 is 6.03 Å². The summed E-state index contributed by atoms with van der Waals surface area (Å²) in [6.07, 6.45) is 0. The molecule has 0 saturated heterocycles. The largest absolute Gasteiger partial charge is 0.493 e. The number of amides is 2. The number of carbonyl (C=O) groups excluding carboxylic acids is 1. The van der Waals surface area contributed by atoms with Crippen molar-refractivity contribution in [1.29, 1.82) is 0 Å². The van der Waals surface area contributed by atoms with E-state index in [2.05, 4.69) is 26.1 Å². The van der Waals surface area contributed by atoms with Crippen molar-refractivity contribution in [3.05, 3.63) is 60.7 Å². The number of hydrogen-bond acceptors (Lipinski definition) is 6. The summed E-state index contributed by atoms with van der Waals surface area (Å²) < 4.78 is 10.5. The van der Waals surface area contributed by atoms with E-state index in [4.69, 9.17) is 9.47 Å². The number of nitrogens with zero attached hydrogens (tertiary/aromatic N) is 2. The zero-order chi connectivity index (χ0) is 19.1. The van der Waals surface area contributed by atoms with Gasteiger partial charge in [0.05, 0.1) is 14.2 Å². The molecule has 0 radical (unpaired) electrons. The average Bonchev–Trinajstić information content (AvgIpc) is 2.70. The first kappa shape index (κ1) is 18.0. The Bertz CT molecular complexity index is 901. The van der Waals surface area contributed by atoms with Gasteiger partial charge in [0.25, 0.3) is 0 Å². The van der Waals surface area contributed by atoms with Crippen LogP contribution in [0.5, 0.6) is 11.5 Å². The van der Waals surface area contributed by atoms with E-state index in [0.717, 1.165) is 5.69 Å². The molecule has 8 nitrogen and oxygen atoms in total. The molecule has 2 aromatic carbocycles. The minimum absolute atomic E-state index is 0.335. The van der Waals surface area contributed by atoms with Crippen molar-refractivity contribution in [2.75, 3.05) is 30.2 Å². The van der Waals surface area contributed by atoms with Crippen molar-refractivity contribution in [3.8, 4) is 11.5 Å². The summed E-state index contributed by atoms with van der Waals surface area (Å²) in [4.78, 5) is 12.0. The third kappa shape index (κ3) is 4.85. The van der Waals surface area contributed by atoms with Crippen molar-refractivity contribution in [1.82, 2.24) is 10.2 Å². The standard InChI is InChI=1S/C19H19N5O3/c1-26-15-9-8-14(12-16(15)27-2)20-17-10-11-18(24-23-17)22-19(25)21-13-6-4-3-5-7-13/h3-12H,1-2H3,(H,20,23)(H2,21,22,24,25). The lowest BCUT2D eigenvalue weighted by Gasteiger charge is -2.11. The number of benzene rings is 2. The zero-order valence-electron chi connectivity index (χ0n) is 14.9. The Hall–Kier alpha value is -3.81. The summed E-state index contributed by atoms with van der Waals surface area (Å²) in [5, 5.41) is 16.5. The molecular formula is C19H19N5O3. The topological polar surface area (TPSA) is 97.4 Å². The maximum Gasteiger partial charge on any atom is 0.324 e. The van der Waals surface area contributed by atoms with Gasteiger partial charge in [-0.3, -0.25) is 5.32 Å². The molecule has 3 aromatic rings. The first-order chi connectivity index (χ1) is 13.2. The molecule has 0 bridgehead atoms. The molecule has 0 spiro atoms. The highest BCUT2D eigenvalue weighted by Crippen LogP contribution is 2.30. The lowest BCUT2D eigenvalue weighted by molar-refractivity contribution is 0.262. The average molecular weight is 365 g/mol. The van der Waals surface area contributed by atoms with Crippen LogP contribution in [0.3, 0.4) is 0 Å². The van der Waals surface area contributed by atoms with Crippen LogP contribution in [0.25, 0.3) is 0 Å². The van der Waals surface area contributed by atoms with Crippen LogP contribution >= 0.6 is 0 Å². The number of aromatic nitrogens is 2. The van der Waals surface area contributed by atoms with Gasteiger partial charge in [-0.15, -0.1) is 10.2 Å². The summed E-state index contributed by atoms with van der Waals surface area (Å²) >= 11 is 0. The normalized spacial score (nSPS) is 10.0. The molecule has 8 heteroatoms. The molecule has 138 valence electrons. The lowest BCUT2D eigenvalue weighted by atomic mass is 10.2. The molecule has 0 fully saturated rings. The van der Waals surface area contributed by atoms with Gasteiger partial charge in [0.2, 0.25) is 0 Å². The van der Waals surface area contributed by atoms with Gasteiger partial charge in [-0.05, 0) is 36.4 Å². The van der Waals surface area contributed by atoms with E-state index in [0.29, 0.717) is 28.8 Å². The van der Waals surface area contributed by atoms with E-state index < -0.39 is 6.03 Å². The summed E-state index contributed by atoms with van der Waals surface area (Å²) in [7, 11) is 3.15. The summed E-state index contributed by atoms with van der Waals surface area (Å²) in [5.41, 5.74) is 1.46. The second-order valence-electron chi connectivity index (χ2n) is 5.44. The highest BCUT2D eigenvalue weighted by atomic mass is 16.5. The number of hydrogen-bond donors (Lipinski definition) is 3. The van der Waals surface area contributed by atoms with Crippen molar-refractivity contribution < 1.29 is 14.3 Å². The molecule has 3 rings (SSSR count). The molecule has 0 saturated carbocycles. The molecular weight excluding hydrogens is 346 g/mol. The van der Waals surface area contributed by atoms with E-state index in [1.807, 2.05) is 24.3 Å². The number of urea groups is 1. The minimum atomic E-state index is -0.393. The van der Waals surface area contributed by atoms with Crippen LogP contribution in [0, 0.1) is 0 Å². The van der Waals surface area contributed by atoms with Gasteiger partial charge in [-0.1, -0.05) is 18.2 Å². The highest BCUT2D eigenvalue weighted by molar-refractivity contribution is 5.99. The van der Waals surface area contributed by atoms with Crippen LogP contribution in [0.1, 0.15) is 0 Å². The Kier molecular flexibility index (Phi) is 5.68. The first-order valence-electron chi connectivity index (χ1n) is 8.14. The Morgan fingerprint density at radius 2 is 1.48 bits per heavy atom. The van der Waals surface area contributed by atoms with Crippen LogP contribution in [0.4, 0.5) is 27.8 Å². The monoisotopic (exact) mass is 365 g/mol. The fourth-order valence-electron chi connectivity index (χ4n) is 2.33. The van der Waals surface area contributed by atoms with E-state index >= 15 is 0 Å². The molecule has 27 heavy (non-hydrogen) atoms. The molecule has 1 heterocycles. The van der Waals surface area contributed by atoms with Gasteiger partial charge in [-0.2, -0.15) is 0 Å². The number of anilines is 4. The van der Waals surface area contributed by atoms with Crippen molar-refractivity contribution >= 4 is 29.0 Å². The van der Waals surface area contributed by atoms with Crippen molar-refractivity contribution in [3.63, 3.8) is 0 Å². The SMILES string of the molecule is COc1ccc(Nc2ccc(NC(=O)Nc3ccccc3)nn2)cc1OC. The summed E-state index contributed by atoms with van der Waals surface area (Å²) in [5.74, 6) is 2.10. The smallest absolute Gasteiger partial charge is 0.324 e. The Labute approximate surface area is 156 Å². The second-order valence-corrected chi connectivity index (χ2v) is 5.44. The fraction of sp³-hybridized carbons (Fsp3) is 0.105. The second kappa shape index (κ2) is 8.52. The Balaban J connectivity index is 1.61. The van der Waals surface area contributed by atoms with Crippen LogP contribution in [-0.2, 0) is 0 Å². The molecule has 0 unspecified atom stereocenters. The molecule has 0 aliphatic heterocycles. The predicted molar refractivity (Wildman–Crippen MR) is 104 cm³/mol. The Morgan fingerprint density at radius 3 is 2.15 bits per heavy atom. The van der Waals surface area contributed by atoms with Crippen LogP contribution in [-0.4, -0.2) is 30.4 Å². The third-order valence-electron chi connectivity index (χ3n) is 3.59. The third-order valence-corrected chi connectivity index (χ3v) is 3.59. The summed E-state index contributed by atoms with van der Waals surface area (Å²) in [6.45, 7) is 0. The Morgan fingerprint density at radius 1 is 0.778 bits per heavy atom. The number of methoxy groups -OCH3 is 2. The number of nitrogens with one attached hydrogen (secondary N) is 3. The maximum absolute atomic E-state index is 12.0. The molecule has 2 amide bonds. The van der Waals surface area contributed by atoms with Crippen molar-refractivity contribution in [2.24, 2.45) is 0 Å². The van der Waals surface area contributed by atoms with Crippen LogP contribution < -0.4 is 25.4 Å². The van der Waals surface area contributed by atoms with E-state index in [9.17, 15) is 4.79 Å². The van der Waals surface area contributed by atoms with Gasteiger partial charge in [0.15, 0.2) is 23.1 Å². The fourth-order valence-corrected chi connectivity index (χ4v) is 2.33. The van der Waals surface area contributed by atoms with Gasteiger partial charge in [-0.25, -0.2) is 4.79 Å². The number of para-hydroxylation sites is 1. The lowest BCUT2D eigenvalue weighted by Crippen LogP contribution is -2.20. The number of rotatable bonds is 6. The summed E-state index contributed by atoms with van der Waals surface area (Å²) in [6, 6.07) is 17.5. The van der Waals surface area contributed by atoms with Crippen LogP contribution in [0.2, 0.25) is 0 Å². The maximum atomic E-state index is 12.0. The van der Waals surface area contributed by atoms with Gasteiger partial charge < -0.3 is 20.1 Å². The number of ether oxygens (including phenoxy) is 2. The number of carbonyl (C=O) groups is 1.